The van der Waals surface area contributed by atoms with Crippen LogP contribution in [0.5, 0.6) is 0 Å². The molecule has 0 aliphatic heterocycles. The van der Waals surface area contributed by atoms with Crippen molar-refractivity contribution in [1.29, 1.82) is 5.26 Å². The SMILES string of the molecule is N#Cc1c(C(F)(F)F)nn(-c2c(Cl)c(F)c(C(F)(F)F)c(F)c2Cl)c1N.c1cn[nH]c1. The van der Waals surface area contributed by atoms with Gasteiger partial charge in [-0.25, -0.2) is 13.5 Å². The second-order valence-corrected chi connectivity index (χ2v) is 6.13. The number of hydrogen-bond donors (Lipinski definition) is 2. The number of aromatic amines is 1. The van der Waals surface area contributed by atoms with Crippen molar-refractivity contribution in [3.63, 3.8) is 0 Å². The predicted octanol–water partition coefficient (Wildman–Crippen LogP) is 5.36. The molecule has 2 heterocycles. The van der Waals surface area contributed by atoms with Gasteiger partial charge in [0, 0.05) is 12.4 Å². The number of aromatic nitrogens is 4. The number of H-pyrrole nitrogens is 1. The van der Waals surface area contributed by atoms with E-state index in [0.29, 0.717) is 0 Å². The summed E-state index contributed by atoms with van der Waals surface area (Å²) in [5.41, 5.74) is -1.44. The second-order valence-electron chi connectivity index (χ2n) is 5.37. The highest BCUT2D eigenvalue weighted by Crippen LogP contribution is 2.44. The van der Waals surface area contributed by atoms with Gasteiger partial charge in [0.2, 0.25) is 0 Å². The smallest absolute Gasteiger partial charge is 0.382 e. The number of nitrogen functional groups attached to an aromatic ring is 1. The average molecular weight is 493 g/mol. The van der Waals surface area contributed by atoms with Crippen molar-refractivity contribution in [2.24, 2.45) is 0 Å². The Morgan fingerprint density at radius 3 is 1.87 bits per heavy atom. The van der Waals surface area contributed by atoms with E-state index in [1.54, 1.807) is 12.4 Å². The zero-order chi connectivity index (χ0) is 23.7. The van der Waals surface area contributed by atoms with Crippen LogP contribution in [-0.4, -0.2) is 20.0 Å². The van der Waals surface area contributed by atoms with Gasteiger partial charge in [0.25, 0.3) is 0 Å². The molecule has 166 valence electrons. The van der Waals surface area contributed by atoms with Gasteiger partial charge in [-0.3, -0.25) is 5.10 Å². The molecule has 0 saturated carbocycles. The average Bonchev–Trinajstić information content (AvgIpc) is 3.31. The van der Waals surface area contributed by atoms with Crippen LogP contribution in [0.4, 0.5) is 40.9 Å². The molecule has 16 heteroatoms. The molecule has 31 heavy (non-hydrogen) atoms. The van der Waals surface area contributed by atoms with Crippen LogP contribution < -0.4 is 5.73 Å². The lowest BCUT2D eigenvalue weighted by atomic mass is 10.1. The quantitative estimate of drug-likeness (QED) is 0.353. The molecule has 2 aromatic heterocycles. The minimum Gasteiger partial charge on any atom is -0.382 e. The Balaban J connectivity index is 0.000000597. The van der Waals surface area contributed by atoms with Gasteiger partial charge in [0.1, 0.15) is 38.7 Å². The van der Waals surface area contributed by atoms with Crippen LogP contribution in [0.1, 0.15) is 16.8 Å². The van der Waals surface area contributed by atoms with E-state index in [9.17, 15) is 35.1 Å². The lowest BCUT2D eigenvalue weighted by Crippen LogP contribution is -2.15. The normalized spacial score (nSPS) is 11.6. The molecule has 6 nitrogen and oxygen atoms in total. The van der Waals surface area contributed by atoms with Crippen LogP contribution >= 0.6 is 23.2 Å². The van der Waals surface area contributed by atoms with Crippen molar-refractivity contribution in [2.75, 3.05) is 5.73 Å². The van der Waals surface area contributed by atoms with E-state index >= 15 is 0 Å². The molecule has 0 fully saturated rings. The van der Waals surface area contributed by atoms with E-state index in [2.05, 4.69) is 15.3 Å². The Hall–Kier alpha value is -3.05. The third-order valence-corrected chi connectivity index (χ3v) is 4.13. The highest BCUT2D eigenvalue weighted by molar-refractivity contribution is 6.38. The maximum absolute atomic E-state index is 13.9. The molecule has 1 aromatic carbocycles. The minimum atomic E-state index is -5.54. The van der Waals surface area contributed by atoms with Crippen LogP contribution in [-0.2, 0) is 12.4 Å². The van der Waals surface area contributed by atoms with E-state index in [-0.39, 0.29) is 4.68 Å². The molecule has 0 atom stereocenters. The maximum atomic E-state index is 13.9. The molecular weight excluding hydrogens is 487 g/mol. The van der Waals surface area contributed by atoms with Crippen molar-refractivity contribution < 1.29 is 35.1 Å². The Morgan fingerprint density at radius 1 is 1.03 bits per heavy atom. The van der Waals surface area contributed by atoms with E-state index in [1.807, 2.05) is 6.07 Å². The zero-order valence-electron chi connectivity index (χ0n) is 14.4. The summed E-state index contributed by atoms with van der Waals surface area (Å²) in [6, 6.07) is 2.92. The minimum absolute atomic E-state index is 0.0572. The highest BCUT2D eigenvalue weighted by Gasteiger charge is 2.43. The molecule has 3 N–H and O–H groups in total. The number of benzene rings is 1. The fourth-order valence-electron chi connectivity index (χ4n) is 2.18. The topological polar surface area (TPSA) is 96.3 Å². The Bertz CT molecular complexity index is 1080. The summed E-state index contributed by atoms with van der Waals surface area (Å²) in [6.45, 7) is 0. The third kappa shape index (κ3) is 4.67. The van der Waals surface area contributed by atoms with Crippen LogP contribution in [0.2, 0.25) is 10.0 Å². The lowest BCUT2D eigenvalue weighted by molar-refractivity contribution is -0.142. The first-order chi connectivity index (χ1) is 14.2. The first-order valence-corrected chi connectivity index (χ1v) is 8.22. The third-order valence-electron chi connectivity index (χ3n) is 3.44. The summed E-state index contributed by atoms with van der Waals surface area (Å²) >= 11 is 10.8. The summed E-state index contributed by atoms with van der Waals surface area (Å²) < 4.78 is 105. The van der Waals surface area contributed by atoms with Gasteiger partial charge < -0.3 is 5.73 Å². The molecule has 0 amide bonds. The first kappa shape index (κ1) is 24.2. The van der Waals surface area contributed by atoms with Gasteiger partial charge in [0.15, 0.2) is 17.3 Å². The van der Waals surface area contributed by atoms with Crippen LogP contribution in [0.25, 0.3) is 5.69 Å². The second kappa shape index (κ2) is 8.60. The van der Waals surface area contributed by atoms with Gasteiger partial charge in [-0.15, -0.1) is 0 Å². The zero-order valence-corrected chi connectivity index (χ0v) is 15.9. The van der Waals surface area contributed by atoms with Crippen molar-refractivity contribution >= 4 is 29.0 Å². The number of halogens is 10. The number of nitrogens with zero attached hydrogens (tertiary/aromatic N) is 4. The number of rotatable bonds is 1. The molecular formula is C15H6Cl2F8N6. The predicted molar refractivity (Wildman–Crippen MR) is 91.2 cm³/mol. The van der Waals surface area contributed by atoms with Gasteiger partial charge in [-0.05, 0) is 6.07 Å². The van der Waals surface area contributed by atoms with Gasteiger partial charge in [0.05, 0.1) is 0 Å². The van der Waals surface area contributed by atoms with E-state index in [1.165, 1.54) is 0 Å². The lowest BCUT2D eigenvalue weighted by Gasteiger charge is -2.16. The number of nitrogens with one attached hydrogen (secondary N) is 1. The molecule has 0 saturated heterocycles. The molecule has 0 aliphatic carbocycles. The van der Waals surface area contributed by atoms with E-state index < -0.39 is 62.4 Å². The largest absolute Gasteiger partial charge is 0.436 e. The number of alkyl halides is 6. The van der Waals surface area contributed by atoms with Gasteiger partial charge in [-0.1, -0.05) is 23.2 Å². The fraction of sp³-hybridized carbons (Fsp3) is 0.133. The summed E-state index contributed by atoms with van der Waals surface area (Å²) in [7, 11) is 0. The molecule has 0 spiro atoms. The van der Waals surface area contributed by atoms with Crippen LogP contribution in [0, 0.1) is 23.0 Å². The van der Waals surface area contributed by atoms with Gasteiger partial charge in [-0.2, -0.15) is 41.8 Å². The highest BCUT2D eigenvalue weighted by atomic mass is 35.5. The fourth-order valence-corrected chi connectivity index (χ4v) is 2.77. The number of anilines is 1. The number of nitriles is 1. The molecule has 3 aromatic rings. The Morgan fingerprint density at radius 2 is 1.58 bits per heavy atom. The number of nitrogens with two attached hydrogens (primary N) is 1. The van der Waals surface area contributed by atoms with Crippen LogP contribution in [0.15, 0.2) is 18.5 Å². The summed E-state index contributed by atoms with van der Waals surface area (Å²) in [6.07, 6.45) is -7.28. The Kier molecular flexibility index (Phi) is 6.72. The van der Waals surface area contributed by atoms with Crippen molar-refractivity contribution in [3.8, 4) is 11.8 Å². The number of hydrogen-bond acceptors (Lipinski definition) is 4. The molecule has 0 bridgehead atoms. The standard InChI is InChI=1S/C12H2Cl2F8N4.C3H4N2/c13-4-6(15)3(11(17,18)19)7(16)5(14)8(4)26-10(24)2(1-23)9(25-26)12(20,21)22;1-2-4-5-3-1/h24H2;1-3H,(H,4,5). The Labute approximate surface area is 176 Å². The van der Waals surface area contributed by atoms with Crippen LogP contribution in [0.3, 0.4) is 0 Å². The monoisotopic (exact) mass is 492 g/mol. The maximum Gasteiger partial charge on any atom is 0.436 e. The van der Waals surface area contributed by atoms with E-state index in [0.717, 1.165) is 6.07 Å². The molecule has 0 aliphatic rings. The molecule has 0 radical (unpaired) electrons. The van der Waals surface area contributed by atoms with Crippen molar-refractivity contribution in [3.05, 3.63) is 57.0 Å². The van der Waals surface area contributed by atoms with E-state index in [4.69, 9.17) is 34.2 Å². The molecule has 3 rings (SSSR count). The first-order valence-electron chi connectivity index (χ1n) is 7.46. The summed E-state index contributed by atoms with van der Waals surface area (Å²) in [4.78, 5) is 0. The van der Waals surface area contributed by atoms with Gasteiger partial charge >= 0.3 is 12.4 Å². The summed E-state index contributed by atoms with van der Waals surface area (Å²) in [5.74, 6) is -5.75. The van der Waals surface area contributed by atoms with Crippen molar-refractivity contribution in [1.82, 2.24) is 20.0 Å². The molecule has 0 unspecified atom stereocenters. The summed E-state index contributed by atoms with van der Waals surface area (Å²) in [5, 5.41) is 14.9. The van der Waals surface area contributed by atoms with Crippen molar-refractivity contribution in [2.45, 2.75) is 12.4 Å².